The van der Waals surface area contributed by atoms with Gasteiger partial charge in [0.25, 0.3) is 0 Å². The van der Waals surface area contributed by atoms with E-state index in [0.717, 1.165) is 16.8 Å². The summed E-state index contributed by atoms with van der Waals surface area (Å²) < 4.78 is 43.0. The number of ether oxygens (including phenoxy) is 1. The summed E-state index contributed by atoms with van der Waals surface area (Å²) >= 11 is 1.02. The molecule has 0 aromatic carbocycles. The number of nitrogens with zero attached hydrogens (tertiary/aromatic N) is 4. The van der Waals surface area contributed by atoms with Gasteiger partial charge >= 0.3 is 18.1 Å². The van der Waals surface area contributed by atoms with Gasteiger partial charge < -0.3 is 9.57 Å². The number of carbonyl (C=O) groups excluding carboxylic acids is 3. The maximum absolute atomic E-state index is 12.4. The van der Waals surface area contributed by atoms with Crippen LogP contribution < -0.4 is 0 Å². The van der Waals surface area contributed by atoms with Crippen LogP contribution in [-0.4, -0.2) is 68.7 Å². The summed E-state index contributed by atoms with van der Waals surface area (Å²) in [6, 6.07) is 0. The minimum atomic E-state index is -5.11. The van der Waals surface area contributed by atoms with Crippen LogP contribution in [0.5, 0.6) is 0 Å². The summed E-state index contributed by atoms with van der Waals surface area (Å²) in [7, 11) is 1.23. The average molecular weight is 422 g/mol. The van der Waals surface area contributed by atoms with Gasteiger partial charge in [0.1, 0.15) is 12.2 Å². The predicted octanol–water partition coefficient (Wildman–Crippen LogP) is 1.21. The molecule has 1 saturated heterocycles. The van der Waals surface area contributed by atoms with Gasteiger partial charge in [-0.15, -0.1) is 10.2 Å². The number of carbonyl (C=O) groups is 3. The lowest BCUT2D eigenvalue weighted by atomic mass is 10.0. The Bertz CT molecular complexity index is 780. The molecule has 1 aromatic heterocycles. The minimum absolute atomic E-state index is 0.0408. The first-order valence-corrected chi connectivity index (χ1v) is 8.85. The fourth-order valence-electron chi connectivity index (χ4n) is 2.40. The molecule has 9 nitrogen and oxygen atoms in total. The van der Waals surface area contributed by atoms with Gasteiger partial charge in [0, 0.05) is 18.7 Å². The molecule has 0 N–H and O–H groups in total. The second kappa shape index (κ2) is 9.19. The number of methoxy groups -OCH3 is 1. The van der Waals surface area contributed by atoms with Crippen LogP contribution in [0, 0.1) is 0 Å². The van der Waals surface area contributed by atoms with Gasteiger partial charge in [-0.1, -0.05) is 17.0 Å². The van der Waals surface area contributed by atoms with Crippen molar-refractivity contribution in [1.29, 1.82) is 0 Å². The molecule has 0 radical (unpaired) electrons. The van der Waals surface area contributed by atoms with Gasteiger partial charge in [-0.25, -0.2) is 9.48 Å². The first kappa shape index (κ1) is 21.9. The molecule has 1 unspecified atom stereocenters. The van der Waals surface area contributed by atoms with Crippen LogP contribution in [0.2, 0.25) is 0 Å². The number of halogens is 3. The molecule has 0 saturated carbocycles. The standard InChI is InChI=1S/C15H17F3N4O5S/c1-9(23)28-12-3-4-22(27-14(25)15(16,17)18)6-10(12)5-11-7-21(20-19-11)8-13(24)26-2/h5,7,12H,3-4,6,8H2,1-2H3/b10-5+. The number of aromatic nitrogens is 3. The Morgan fingerprint density at radius 1 is 1.39 bits per heavy atom. The molecule has 0 spiro atoms. The van der Waals surface area contributed by atoms with Crippen LogP contribution >= 0.6 is 11.8 Å². The van der Waals surface area contributed by atoms with E-state index in [1.165, 1.54) is 31.0 Å². The Morgan fingerprint density at radius 2 is 2.11 bits per heavy atom. The molecule has 13 heteroatoms. The highest BCUT2D eigenvalue weighted by molar-refractivity contribution is 8.14. The fraction of sp³-hybridized carbons (Fsp3) is 0.533. The highest BCUT2D eigenvalue weighted by Gasteiger charge is 2.43. The molecule has 2 rings (SSSR count). The summed E-state index contributed by atoms with van der Waals surface area (Å²) in [6.07, 6.45) is -1.84. The smallest absolute Gasteiger partial charge is 0.468 e. The van der Waals surface area contributed by atoms with E-state index in [1.54, 1.807) is 0 Å². The molecule has 1 fully saturated rings. The maximum atomic E-state index is 12.4. The number of piperidine rings is 1. The van der Waals surface area contributed by atoms with Gasteiger partial charge in [0.05, 0.1) is 19.9 Å². The lowest BCUT2D eigenvalue weighted by Gasteiger charge is -2.32. The Balaban J connectivity index is 2.17. The van der Waals surface area contributed by atoms with Crippen molar-refractivity contribution in [2.24, 2.45) is 0 Å². The van der Waals surface area contributed by atoms with Gasteiger partial charge in [-0.05, 0) is 18.1 Å². The first-order chi connectivity index (χ1) is 13.1. The van der Waals surface area contributed by atoms with Crippen LogP contribution in [0.4, 0.5) is 13.2 Å². The van der Waals surface area contributed by atoms with E-state index >= 15 is 0 Å². The van der Waals surface area contributed by atoms with Crippen LogP contribution in [0.25, 0.3) is 6.08 Å². The maximum Gasteiger partial charge on any atom is 0.492 e. The van der Waals surface area contributed by atoms with Crippen molar-refractivity contribution in [2.75, 3.05) is 20.2 Å². The SMILES string of the molecule is COC(=O)Cn1cc(/C=C2\CN(OC(=O)C(F)(F)F)CCC2SC(C)=O)nn1. The molecule has 0 bridgehead atoms. The van der Waals surface area contributed by atoms with Gasteiger partial charge in [0.2, 0.25) is 0 Å². The third-order valence-electron chi connectivity index (χ3n) is 3.57. The third-order valence-corrected chi connectivity index (χ3v) is 4.73. The van der Waals surface area contributed by atoms with E-state index in [9.17, 15) is 27.6 Å². The van der Waals surface area contributed by atoms with Crippen molar-refractivity contribution in [2.45, 2.75) is 31.3 Å². The third kappa shape index (κ3) is 6.34. The second-order valence-electron chi connectivity index (χ2n) is 5.76. The number of thioether (sulfide) groups is 1. The van der Waals surface area contributed by atoms with Crippen molar-refractivity contribution in [3.8, 4) is 0 Å². The molecular formula is C15H17F3N4O5S. The molecule has 28 heavy (non-hydrogen) atoms. The van der Waals surface area contributed by atoms with E-state index in [2.05, 4.69) is 19.9 Å². The molecule has 1 atom stereocenters. The first-order valence-electron chi connectivity index (χ1n) is 7.97. The second-order valence-corrected chi connectivity index (χ2v) is 7.14. The number of hydroxylamine groups is 2. The quantitative estimate of drug-likeness (QED) is 0.648. The zero-order valence-corrected chi connectivity index (χ0v) is 15.7. The summed E-state index contributed by atoms with van der Waals surface area (Å²) in [5.74, 6) is -2.84. The van der Waals surface area contributed by atoms with E-state index in [-0.39, 0.29) is 36.4 Å². The summed E-state index contributed by atoms with van der Waals surface area (Å²) in [4.78, 5) is 38.2. The van der Waals surface area contributed by atoms with Crippen LogP contribution in [0.15, 0.2) is 11.8 Å². The van der Waals surface area contributed by atoms with Crippen LogP contribution in [-0.2, 0) is 30.5 Å². The molecular weight excluding hydrogens is 405 g/mol. The van der Waals surface area contributed by atoms with Crippen molar-refractivity contribution < 1.29 is 37.1 Å². The van der Waals surface area contributed by atoms with E-state index in [1.807, 2.05) is 0 Å². The number of hydrogen-bond donors (Lipinski definition) is 0. The van der Waals surface area contributed by atoms with Crippen molar-refractivity contribution in [3.05, 3.63) is 17.5 Å². The highest BCUT2D eigenvalue weighted by Crippen LogP contribution is 2.30. The van der Waals surface area contributed by atoms with Crippen molar-refractivity contribution >= 4 is 34.9 Å². The van der Waals surface area contributed by atoms with E-state index in [0.29, 0.717) is 11.3 Å². The zero-order chi connectivity index (χ0) is 20.9. The largest absolute Gasteiger partial charge is 0.492 e. The Hall–Kier alpha value is -2.41. The fourth-order valence-corrected chi connectivity index (χ4v) is 3.31. The normalized spacial score (nSPS) is 19.5. The topological polar surface area (TPSA) is 104 Å². The lowest BCUT2D eigenvalue weighted by Crippen LogP contribution is -2.41. The molecule has 154 valence electrons. The van der Waals surface area contributed by atoms with E-state index < -0.39 is 18.1 Å². The monoisotopic (exact) mass is 422 g/mol. The number of esters is 1. The summed E-state index contributed by atoms with van der Waals surface area (Å²) in [5.41, 5.74) is 0.864. The lowest BCUT2D eigenvalue weighted by molar-refractivity contribution is -0.238. The Kier molecular flexibility index (Phi) is 7.18. The predicted molar refractivity (Wildman–Crippen MR) is 90.4 cm³/mol. The number of rotatable bonds is 5. The average Bonchev–Trinajstić information content (AvgIpc) is 3.02. The minimum Gasteiger partial charge on any atom is -0.468 e. The van der Waals surface area contributed by atoms with E-state index in [4.69, 9.17) is 0 Å². The van der Waals surface area contributed by atoms with Crippen LogP contribution in [0.3, 0.4) is 0 Å². The van der Waals surface area contributed by atoms with Crippen LogP contribution in [0.1, 0.15) is 19.0 Å². The molecule has 0 aliphatic carbocycles. The van der Waals surface area contributed by atoms with Gasteiger partial charge in [-0.3, -0.25) is 9.59 Å². The number of alkyl halides is 3. The molecule has 1 aliphatic rings. The van der Waals surface area contributed by atoms with Crippen molar-refractivity contribution in [1.82, 2.24) is 20.1 Å². The highest BCUT2D eigenvalue weighted by atomic mass is 32.2. The Labute approximate surface area is 161 Å². The van der Waals surface area contributed by atoms with Crippen molar-refractivity contribution in [3.63, 3.8) is 0 Å². The summed E-state index contributed by atoms with van der Waals surface area (Å²) in [5, 5.41) is 8.03. The molecule has 1 aromatic rings. The zero-order valence-electron chi connectivity index (χ0n) is 14.9. The molecule has 1 aliphatic heterocycles. The summed E-state index contributed by atoms with van der Waals surface area (Å²) in [6.45, 7) is 1.13. The number of hydrogen-bond acceptors (Lipinski definition) is 9. The van der Waals surface area contributed by atoms with Gasteiger partial charge in [0.15, 0.2) is 5.12 Å². The Morgan fingerprint density at radius 3 is 2.71 bits per heavy atom. The molecule has 2 heterocycles. The molecule has 0 amide bonds. The van der Waals surface area contributed by atoms with Gasteiger partial charge in [-0.2, -0.15) is 13.2 Å².